The largest absolute Gasteiger partial charge is 0.490 e. The quantitative estimate of drug-likeness (QED) is 0.326. The van der Waals surface area contributed by atoms with Crippen molar-refractivity contribution in [1.29, 1.82) is 0 Å². The predicted octanol–water partition coefficient (Wildman–Crippen LogP) is 0.536. The van der Waals surface area contributed by atoms with Crippen LogP contribution in [0.15, 0.2) is 12.1 Å². The van der Waals surface area contributed by atoms with Gasteiger partial charge in [0.2, 0.25) is 0 Å². The lowest BCUT2D eigenvalue weighted by molar-refractivity contribution is -0.126. The third-order valence-corrected chi connectivity index (χ3v) is 2.09. The maximum Gasteiger partial charge on any atom is 0.155 e. The van der Waals surface area contributed by atoms with Gasteiger partial charge in [-0.15, -0.1) is 0 Å². The molecule has 0 bridgehead atoms. The van der Waals surface area contributed by atoms with Gasteiger partial charge in [-0.2, -0.15) is 5.06 Å². The average Bonchev–Trinajstić information content (AvgIpc) is 2.29. The minimum absolute atomic E-state index is 0.242. The van der Waals surface area contributed by atoms with Crippen molar-refractivity contribution in [3.05, 3.63) is 17.7 Å². The minimum atomic E-state index is 0.242. The Hall–Kier alpha value is -1.79. The highest BCUT2D eigenvalue weighted by Crippen LogP contribution is 2.27. The summed E-state index contributed by atoms with van der Waals surface area (Å²) in [5.74, 6) is 0.411. The van der Waals surface area contributed by atoms with Gasteiger partial charge in [0, 0.05) is 14.1 Å². The number of nitrogen functional groups attached to an aromatic ring is 2. The summed E-state index contributed by atoms with van der Waals surface area (Å²) < 4.78 is 5.40. The SMILES string of the molecule is CN(C)OCCOc1ccc(N)c(N)c1C=O. The van der Waals surface area contributed by atoms with Gasteiger partial charge in [0.25, 0.3) is 0 Å². The molecule has 6 heteroatoms. The van der Waals surface area contributed by atoms with Gasteiger partial charge in [-0.3, -0.25) is 9.63 Å². The molecule has 0 saturated heterocycles. The van der Waals surface area contributed by atoms with Crippen LogP contribution in [-0.2, 0) is 4.84 Å². The summed E-state index contributed by atoms with van der Waals surface area (Å²) >= 11 is 0. The second kappa shape index (κ2) is 6.07. The summed E-state index contributed by atoms with van der Waals surface area (Å²) in [6, 6.07) is 3.22. The van der Waals surface area contributed by atoms with Crippen LogP contribution in [0.4, 0.5) is 11.4 Å². The van der Waals surface area contributed by atoms with E-state index >= 15 is 0 Å². The minimum Gasteiger partial charge on any atom is -0.490 e. The molecule has 0 saturated carbocycles. The number of hydrogen-bond acceptors (Lipinski definition) is 6. The first-order chi connectivity index (χ1) is 8.06. The van der Waals surface area contributed by atoms with Crippen molar-refractivity contribution in [2.75, 3.05) is 38.8 Å². The van der Waals surface area contributed by atoms with Gasteiger partial charge in [-0.05, 0) is 12.1 Å². The van der Waals surface area contributed by atoms with Crippen molar-refractivity contribution in [1.82, 2.24) is 5.06 Å². The number of rotatable bonds is 6. The Morgan fingerprint density at radius 3 is 2.59 bits per heavy atom. The lowest BCUT2D eigenvalue weighted by Gasteiger charge is -2.13. The van der Waals surface area contributed by atoms with Gasteiger partial charge in [-0.25, -0.2) is 0 Å². The summed E-state index contributed by atoms with van der Waals surface area (Å²) in [6.07, 6.45) is 0.633. The first-order valence-corrected chi connectivity index (χ1v) is 5.12. The zero-order valence-corrected chi connectivity index (χ0v) is 9.97. The van der Waals surface area contributed by atoms with E-state index in [0.29, 0.717) is 30.9 Å². The smallest absolute Gasteiger partial charge is 0.155 e. The molecule has 0 amide bonds. The van der Waals surface area contributed by atoms with E-state index < -0.39 is 0 Å². The molecule has 0 unspecified atom stereocenters. The summed E-state index contributed by atoms with van der Waals surface area (Å²) in [4.78, 5) is 16.0. The van der Waals surface area contributed by atoms with E-state index in [2.05, 4.69) is 0 Å². The number of benzene rings is 1. The van der Waals surface area contributed by atoms with Crippen LogP contribution >= 0.6 is 0 Å². The Kier molecular flexibility index (Phi) is 4.74. The van der Waals surface area contributed by atoms with Crippen molar-refractivity contribution in [2.45, 2.75) is 0 Å². The molecule has 0 aliphatic carbocycles. The van der Waals surface area contributed by atoms with Crippen molar-refractivity contribution in [2.24, 2.45) is 0 Å². The summed E-state index contributed by atoms with van der Waals surface area (Å²) in [7, 11) is 3.55. The second-order valence-corrected chi connectivity index (χ2v) is 3.59. The molecule has 0 atom stereocenters. The van der Waals surface area contributed by atoms with Crippen molar-refractivity contribution in [3.63, 3.8) is 0 Å². The molecule has 6 nitrogen and oxygen atoms in total. The lowest BCUT2D eigenvalue weighted by Crippen LogP contribution is -2.17. The standard InChI is InChI=1S/C11H17N3O3/c1-14(2)17-6-5-16-10-4-3-9(12)11(13)8(10)7-15/h3-4,7H,5-6,12-13H2,1-2H3. The number of hydroxylamine groups is 2. The number of hydrogen-bond donors (Lipinski definition) is 2. The highest BCUT2D eigenvalue weighted by Gasteiger charge is 2.09. The van der Waals surface area contributed by atoms with Crippen LogP contribution in [0.25, 0.3) is 0 Å². The van der Waals surface area contributed by atoms with Crippen molar-refractivity contribution >= 4 is 17.7 Å². The number of nitrogens with two attached hydrogens (primary N) is 2. The molecule has 4 N–H and O–H groups in total. The highest BCUT2D eigenvalue weighted by atomic mass is 16.7. The Morgan fingerprint density at radius 2 is 2.00 bits per heavy atom. The van der Waals surface area contributed by atoms with Crippen molar-refractivity contribution in [3.8, 4) is 5.75 Å². The van der Waals surface area contributed by atoms with Gasteiger partial charge in [0.05, 0.1) is 16.9 Å². The maximum absolute atomic E-state index is 10.9. The first-order valence-electron chi connectivity index (χ1n) is 5.12. The van der Waals surface area contributed by atoms with Gasteiger partial charge in [0.15, 0.2) is 6.29 Å². The van der Waals surface area contributed by atoms with E-state index in [9.17, 15) is 4.79 Å². The van der Waals surface area contributed by atoms with E-state index in [1.54, 1.807) is 31.3 Å². The third-order valence-electron chi connectivity index (χ3n) is 2.09. The fraction of sp³-hybridized carbons (Fsp3) is 0.364. The Labute approximate surface area is 100 Å². The fourth-order valence-corrected chi connectivity index (χ4v) is 1.25. The molecule has 1 aromatic rings. The average molecular weight is 239 g/mol. The molecule has 0 spiro atoms. The number of aldehydes is 1. The van der Waals surface area contributed by atoms with Crippen LogP contribution in [0.5, 0.6) is 5.75 Å². The third kappa shape index (κ3) is 3.61. The lowest BCUT2D eigenvalue weighted by atomic mass is 10.1. The Morgan fingerprint density at radius 1 is 1.29 bits per heavy atom. The van der Waals surface area contributed by atoms with Crippen LogP contribution in [-0.4, -0.2) is 38.7 Å². The second-order valence-electron chi connectivity index (χ2n) is 3.59. The van der Waals surface area contributed by atoms with E-state index in [0.717, 1.165) is 0 Å². The molecule has 0 heterocycles. The van der Waals surface area contributed by atoms with Crippen molar-refractivity contribution < 1.29 is 14.4 Å². The molecule has 0 fully saturated rings. The summed E-state index contributed by atoms with van der Waals surface area (Å²) in [5, 5.41) is 1.57. The van der Waals surface area contributed by atoms with Crippen LogP contribution in [0.3, 0.4) is 0 Å². The van der Waals surface area contributed by atoms with E-state index in [4.69, 9.17) is 21.0 Å². The molecular weight excluding hydrogens is 222 g/mol. The van der Waals surface area contributed by atoms with Gasteiger partial charge in [0.1, 0.15) is 19.0 Å². The zero-order valence-electron chi connectivity index (χ0n) is 9.97. The monoisotopic (exact) mass is 239 g/mol. The zero-order chi connectivity index (χ0) is 12.8. The highest BCUT2D eigenvalue weighted by molar-refractivity contribution is 5.92. The molecule has 0 aliphatic heterocycles. The fourth-order valence-electron chi connectivity index (χ4n) is 1.25. The van der Waals surface area contributed by atoms with Gasteiger partial charge in [-0.1, -0.05) is 0 Å². The summed E-state index contributed by atoms with van der Waals surface area (Å²) in [5.41, 5.74) is 12.1. The molecule has 0 aromatic heterocycles. The van der Waals surface area contributed by atoms with E-state index in [1.165, 1.54) is 0 Å². The van der Waals surface area contributed by atoms with Crippen LogP contribution in [0.2, 0.25) is 0 Å². The molecule has 1 rings (SSSR count). The molecule has 94 valence electrons. The number of nitrogens with zero attached hydrogens (tertiary/aromatic N) is 1. The van der Waals surface area contributed by atoms with Crippen LogP contribution < -0.4 is 16.2 Å². The molecule has 0 aliphatic rings. The number of anilines is 2. The van der Waals surface area contributed by atoms with Crippen LogP contribution in [0.1, 0.15) is 10.4 Å². The van der Waals surface area contributed by atoms with Gasteiger partial charge >= 0.3 is 0 Å². The summed E-state index contributed by atoms with van der Waals surface area (Å²) in [6.45, 7) is 0.706. The number of carbonyl (C=O) groups is 1. The maximum atomic E-state index is 10.9. The Balaban J connectivity index is 2.65. The van der Waals surface area contributed by atoms with E-state index in [1.807, 2.05) is 0 Å². The normalized spacial score (nSPS) is 10.5. The molecule has 0 radical (unpaired) electrons. The van der Waals surface area contributed by atoms with Crippen LogP contribution in [0, 0.1) is 0 Å². The first kappa shape index (κ1) is 13.3. The Bertz CT molecular complexity index is 394. The molecule has 17 heavy (non-hydrogen) atoms. The van der Waals surface area contributed by atoms with E-state index in [-0.39, 0.29) is 11.3 Å². The number of ether oxygens (including phenoxy) is 1. The molecular formula is C11H17N3O3. The van der Waals surface area contributed by atoms with Gasteiger partial charge < -0.3 is 16.2 Å². The topological polar surface area (TPSA) is 90.8 Å². The predicted molar refractivity (Wildman–Crippen MR) is 65.8 cm³/mol. The number of carbonyl (C=O) groups excluding carboxylic acids is 1. The molecule has 1 aromatic carbocycles.